The molecule has 1 spiro atoms. The van der Waals surface area contributed by atoms with Gasteiger partial charge in [0.15, 0.2) is 5.96 Å². The lowest BCUT2D eigenvalue weighted by atomic mass is 9.87. The van der Waals surface area contributed by atoms with Crippen LogP contribution in [0.4, 0.5) is 0 Å². The van der Waals surface area contributed by atoms with Crippen molar-refractivity contribution in [3.05, 3.63) is 35.4 Å². The van der Waals surface area contributed by atoms with Crippen molar-refractivity contribution < 1.29 is 9.47 Å². The molecule has 3 aliphatic rings. The Kier molecular flexibility index (Phi) is 6.96. The van der Waals surface area contributed by atoms with Crippen molar-refractivity contribution >= 4 is 5.96 Å². The molecule has 1 N–H and O–H groups in total. The molecule has 0 bridgehead atoms. The molecule has 6 nitrogen and oxygen atoms in total. The van der Waals surface area contributed by atoms with Crippen LogP contribution < -0.4 is 5.32 Å². The van der Waals surface area contributed by atoms with Crippen LogP contribution in [-0.2, 0) is 22.6 Å². The molecule has 0 amide bonds. The van der Waals surface area contributed by atoms with Gasteiger partial charge in [-0.25, -0.2) is 4.99 Å². The number of morpholine rings is 1. The minimum atomic E-state index is 0.293. The maximum absolute atomic E-state index is 5.90. The number of rotatable bonds is 5. The Morgan fingerprint density at radius 1 is 1.17 bits per heavy atom. The Balaban J connectivity index is 1.44. The number of nitrogens with zero attached hydrogens (tertiary/aromatic N) is 3. The maximum atomic E-state index is 5.90. The van der Waals surface area contributed by atoms with Crippen molar-refractivity contribution in [2.75, 3.05) is 45.9 Å². The van der Waals surface area contributed by atoms with E-state index in [4.69, 9.17) is 14.5 Å². The van der Waals surface area contributed by atoms with Crippen LogP contribution in [0.5, 0.6) is 0 Å². The molecule has 3 unspecified atom stereocenters. The Morgan fingerprint density at radius 2 is 1.93 bits per heavy atom. The van der Waals surface area contributed by atoms with Gasteiger partial charge in [-0.3, -0.25) is 4.90 Å². The molecule has 3 saturated heterocycles. The van der Waals surface area contributed by atoms with Crippen LogP contribution in [0.3, 0.4) is 0 Å². The Hall–Kier alpha value is -1.63. The molecule has 30 heavy (non-hydrogen) atoms. The topological polar surface area (TPSA) is 49.3 Å². The average molecular weight is 415 g/mol. The van der Waals surface area contributed by atoms with Gasteiger partial charge in [0.2, 0.25) is 0 Å². The van der Waals surface area contributed by atoms with Gasteiger partial charge < -0.3 is 19.7 Å². The smallest absolute Gasteiger partial charge is 0.194 e. The second-order valence-electron chi connectivity index (χ2n) is 9.36. The van der Waals surface area contributed by atoms with Gasteiger partial charge in [-0.2, -0.15) is 0 Å². The minimum absolute atomic E-state index is 0.293. The third-order valence-corrected chi connectivity index (χ3v) is 6.66. The van der Waals surface area contributed by atoms with Crippen LogP contribution in [-0.4, -0.2) is 73.9 Å². The van der Waals surface area contributed by atoms with Crippen molar-refractivity contribution in [1.82, 2.24) is 15.1 Å². The number of likely N-dealkylation sites (tertiary alicyclic amines) is 1. The molecule has 1 aromatic carbocycles. The zero-order chi connectivity index (χ0) is 21.0. The second kappa shape index (κ2) is 9.67. The molecule has 3 fully saturated rings. The van der Waals surface area contributed by atoms with E-state index in [2.05, 4.69) is 60.2 Å². The van der Waals surface area contributed by atoms with E-state index in [1.807, 2.05) is 0 Å². The van der Waals surface area contributed by atoms with Crippen LogP contribution >= 0.6 is 0 Å². The molecule has 0 aliphatic carbocycles. The fraction of sp³-hybridized carbons (Fsp3) is 0.708. The van der Waals surface area contributed by atoms with Crippen LogP contribution in [0.1, 0.15) is 44.7 Å². The maximum Gasteiger partial charge on any atom is 0.194 e. The van der Waals surface area contributed by atoms with E-state index in [1.165, 1.54) is 24.0 Å². The van der Waals surface area contributed by atoms with Gasteiger partial charge in [0.25, 0.3) is 0 Å². The SMILES string of the molecule is CCNC(=NCc1ccccc1CN1CC(C)OC(C)C1)N1CCC2(CCOC2)C1. The molecule has 3 atom stereocenters. The molecule has 0 radical (unpaired) electrons. The summed E-state index contributed by atoms with van der Waals surface area (Å²) in [6, 6.07) is 8.76. The van der Waals surface area contributed by atoms with Gasteiger partial charge in [0.05, 0.1) is 25.4 Å². The first-order valence-electron chi connectivity index (χ1n) is 11.6. The lowest BCUT2D eigenvalue weighted by Gasteiger charge is -2.35. The molecule has 0 aromatic heterocycles. The first kappa shape index (κ1) is 21.6. The summed E-state index contributed by atoms with van der Waals surface area (Å²) in [6.07, 6.45) is 2.98. The molecular formula is C24H38N4O2. The second-order valence-corrected chi connectivity index (χ2v) is 9.36. The van der Waals surface area contributed by atoms with Crippen LogP contribution in [0.2, 0.25) is 0 Å². The highest BCUT2D eigenvalue weighted by Crippen LogP contribution is 2.38. The summed E-state index contributed by atoms with van der Waals surface area (Å²) >= 11 is 0. The first-order valence-corrected chi connectivity index (χ1v) is 11.6. The molecular weight excluding hydrogens is 376 g/mol. The van der Waals surface area contributed by atoms with Gasteiger partial charge in [0, 0.05) is 51.3 Å². The number of hydrogen-bond acceptors (Lipinski definition) is 4. The minimum Gasteiger partial charge on any atom is -0.381 e. The Morgan fingerprint density at radius 3 is 2.63 bits per heavy atom. The molecule has 6 heteroatoms. The molecule has 4 rings (SSSR count). The van der Waals surface area contributed by atoms with E-state index in [1.54, 1.807) is 0 Å². The van der Waals surface area contributed by atoms with Gasteiger partial charge in [0.1, 0.15) is 0 Å². The molecule has 166 valence electrons. The van der Waals surface area contributed by atoms with Crippen molar-refractivity contribution in [3.8, 4) is 0 Å². The van der Waals surface area contributed by atoms with Gasteiger partial charge in [-0.15, -0.1) is 0 Å². The standard InChI is InChI=1S/C24H38N4O2/c1-4-25-23(28-11-9-24(17-28)10-12-29-18-24)26-13-21-7-5-6-8-22(21)16-27-14-19(2)30-20(3)15-27/h5-8,19-20H,4,9-18H2,1-3H3,(H,25,26). The lowest BCUT2D eigenvalue weighted by molar-refractivity contribution is -0.0705. The number of hydrogen-bond donors (Lipinski definition) is 1. The predicted octanol–water partition coefficient (Wildman–Crippen LogP) is 2.87. The van der Waals surface area contributed by atoms with Crippen molar-refractivity contribution in [2.45, 2.75) is 58.9 Å². The first-order chi connectivity index (χ1) is 14.6. The van der Waals surface area contributed by atoms with E-state index in [0.717, 1.165) is 58.4 Å². The number of nitrogens with one attached hydrogen (secondary N) is 1. The summed E-state index contributed by atoms with van der Waals surface area (Å²) in [5.74, 6) is 1.05. The fourth-order valence-electron chi connectivity index (χ4n) is 5.19. The van der Waals surface area contributed by atoms with E-state index in [9.17, 15) is 0 Å². The van der Waals surface area contributed by atoms with Crippen LogP contribution in [0.25, 0.3) is 0 Å². The van der Waals surface area contributed by atoms with Gasteiger partial charge in [-0.05, 0) is 44.7 Å². The predicted molar refractivity (Wildman–Crippen MR) is 121 cm³/mol. The summed E-state index contributed by atoms with van der Waals surface area (Å²) < 4.78 is 11.6. The highest BCUT2D eigenvalue weighted by atomic mass is 16.5. The zero-order valence-corrected chi connectivity index (χ0v) is 18.9. The summed E-state index contributed by atoms with van der Waals surface area (Å²) in [6.45, 7) is 15.0. The summed E-state index contributed by atoms with van der Waals surface area (Å²) in [4.78, 5) is 10.00. The molecule has 1 aromatic rings. The Bertz CT molecular complexity index is 722. The van der Waals surface area contributed by atoms with E-state index in [-0.39, 0.29) is 0 Å². The van der Waals surface area contributed by atoms with E-state index < -0.39 is 0 Å². The average Bonchev–Trinajstić information content (AvgIpc) is 3.35. The summed E-state index contributed by atoms with van der Waals surface area (Å²) in [5, 5.41) is 3.52. The zero-order valence-electron chi connectivity index (χ0n) is 18.9. The number of benzene rings is 1. The number of aliphatic imine (C=N–C) groups is 1. The van der Waals surface area contributed by atoms with Crippen molar-refractivity contribution in [3.63, 3.8) is 0 Å². The summed E-state index contributed by atoms with van der Waals surface area (Å²) in [7, 11) is 0. The number of ether oxygens (including phenoxy) is 2. The highest BCUT2D eigenvalue weighted by molar-refractivity contribution is 5.80. The molecule has 3 aliphatic heterocycles. The monoisotopic (exact) mass is 414 g/mol. The van der Waals surface area contributed by atoms with Gasteiger partial charge >= 0.3 is 0 Å². The third kappa shape index (κ3) is 5.16. The van der Waals surface area contributed by atoms with E-state index in [0.29, 0.717) is 24.2 Å². The Labute approximate surface area is 181 Å². The normalized spacial score (nSPS) is 30.4. The molecule has 0 saturated carbocycles. The fourth-order valence-corrected chi connectivity index (χ4v) is 5.19. The van der Waals surface area contributed by atoms with Crippen LogP contribution in [0, 0.1) is 5.41 Å². The highest BCUT2D eigenvalue weighted by Gasteiger charge is 2.42. The molecule has 3 heterocycles. The van der Waals surface area contributed by atoms with Gasteiger partial charge in [-0.1, -0.05) is 24.3 Å². The van der Waals surface area contributed by atoms with Crippen molar-refractivity contribution in [2.24, 2.45) is 10.4 Å². The lowest BCUT2D eigenvalue weighted by Crippen LogP contribution is -2.44. The third-order valence-electron chi connectivity index (χ3n) is 6.66. The quantitative estimate of drug-likeness (QED) is 0.593. The number of guanidine groups is 1. The van der Waals surface area contributed by atoms with Crippen LogP contribution in [0.15, 0.2) is 29.3 Å². The summed E-state index contributed by atoms with van der Waals surface area (Å²) in [5.41, 5.74) is 3.04. The van der Waals surface area contributed by atoms with E-state index >= 15 is 0 Å². The van der Waals surface area contributed by atoms with Crippen molar-refractivity contribution in [1.29, 1.82) is 0 Å². The largest absolute Gasteiger partial charge is 0.381 e.